The van der Waals surface area contributed by atoms with Crippen LogP contribution >= 0.6 is 0 Å². The lowest BCUT2D eigenvalue weighted by molar-refractivity contribution is -0.384. The second kappa shape index (κ2) is 8.03. The Kier molecular flexibility index (Phi) is 5.37. The smallest absolute Gasteiger partial charge is 0.338 e. The van der Waals surface area contributed by atoms with E-state index >= 15 is 0 Å². The molecular weight excluding hydrogens is 419 g/mol. The number of piperidine rings is 1. The van der Waals surface area contributed by atoms with E-state index in [0.717, 1.165) is 37.9 Å². The van der Waals surface area contributed by atoms with E-state index in [1.165, 1.54) is 12.1 Å². The van der Waals surface area contributed by atoms with E-state index in [-0.39, 0.29) is 28.5 Å². The summed E-state index contributed by atoms with van der Waals surface area (Å²) < 4.78 is 19.2. The SMILES string of the molecule is CC1(C)CCCCN1c1ccc(-c2nc(-c3ccc(C(=O)O)c(F)c3)no2)cc1[N+](=O)[O-]. The number of rotatable bonds is 5. The molecule has 1 saturated heterocycles. The number of carbonyl (C=O) groups is 1. The Morgan fingerprint density at radius 2 is 1.97 bits per heavy atom. The highest BCUT2D eigenvalue weighted by atomic mass is 19.1. The minimum atomic E-state index is -1.38. The van der Waals surface area contributed by atoms with Crippen LogP contribution in [-0.4, -0.2) is 38.2 Å². The van der Waals surface area contributed by atoms with Crippen LogP contribution in [0, 0.1) is 15.9 Å². The third-order valence-electron chi connectivity index (χ3n) is 5.74. The Labute approximate surface area is 182 Å². The van der Waals surface area contributed by atoms with E-state index in [9.17, 15) is 19.3 Å². The Bertz CT molecular complexity index is 1210. The molecule has 0 unspecified atom stereocenters. The number of aromatic nitrogens is 2. The standard InChI is InChI=1S/C22H21FN4O5/c1-22(2)9-3-4-10-26(22)17-8-6-14(12-18(17)27(30)31)20-24-19(25-32-20)13-5-7-15(21(28)29)16(23)11-13/h5-8,11-12H,3-4,9-10H2,1-2H3,(H,28,29). The molecule has 166 valence electrons. The Balaban J connectivity index is 1.69. The second-order valence-electron chi connectivity index (χ2n) is 8.30. The number of nitro benzene ring substituents is 1. The summed E-state index contributed by atoms with van der Waals surface area (Å²) in [5.41, 5.74) is 0.391. The molecule has 0 bridgehead atoms. The summed E-state index contributed by atoms with van der Waals surface area (Å²) in [4.78, 5) is 28.7. The number of carboxylic acids is 1. The van der Waals surface area contributed by atoms with Gasteiger partial charge in [-0.3, -0.25) is 10.1 Å². The van der Waals surface area contributed by atoms with Gasteiger partial charge in [0.05, 0.1) is 10.5 Å². The summed E-state index contributed by atoms with van der Waals surface area (Å²) in [5.74, 6) is -2.23. The van der Waals surface area contributed by atoms with Gasteiger partial charge in [-0.25, -0.2) is 9.18 Å². The second-order valence-corrected chi connectivity index (χ2v) is 8.30. The molecular formula is C22H21FN4O5. The van der Waals surface area contributed by atoms with Crippen molar-refractivity contribution in [3.8, 4) is 22.8 Å². The predicted molar refractivity (Wildman–Crippen MR) is 114 cm³/mol. The van der Waals surface area contributed by atoms with Crippen molar-refractivity contribution in [3.05, 3.63) is 57.9 Å². The fourth-order valence-electron chi connectivity index (χ4n) is 4.03. The van der Waals surface area contributed by atoms with Gasteiger partial charge < -0.3 is 14.5 Å². The largest absolute Gasteiger partial charge is 0.478 e. The first-order valence-electron chi connectivity index (χ1n) is 10.1. The number of halogens is 1. The molecule has 2 heterocycles. The quantitative estimate of drug-likeness (QED) is 0.438. The first-order chi connectivity index (χ1) is 15.2. The first kappa shape index (κ1) is 21.4. The molecule has 0 amide bonds. The highest BCUT2D eigenvalue weighted by Gasteiger charge is 2.34. The number of hydrogen-bond acceptors (Lipinski definition) is 7. The van der Waals surface area contributed by atoms with Crippen LogP contribution < -0.4 is 4.90 Å². The molecule has 1 fully saturated rings. The molecule has 4 rings (SSSR count). The number of nitro groups is 1. The fraction of sp³-hybridized carbons (Fsp3) is 0.318. The summed E-state index contributed by atoms with van der Waals surface area (Å²) >= 11 is 0. The van der Waals surface area contributed by atoms with E-state index < -0.39 is 22.3 Å². The molecule has 0 radical (unpaired) electrons. The Morgan fingerprint density at radius 1 is 1.22 bits per heavy atom. The van der Waals surface area contributed by atoms with Crippen LogP contribution in [0.25, 0.3) is 22.8 Å². The molecule has 9 nitrogen and oxygen atoms in total. The molecule has 1 aromatic heterocycles. The van der Waals surface area contributed by atoms with Gasteiger partial charge in [0.1, 0.15) is 11.5 Å². The van der Waals surface area contributed by atoms with E-state index in [1.807, 2.05) is 0 Å². The van der Waals surface area contributed by atoms with Crippen LogP contribution in [0.2, 0.25) is 0 Å². The van der Waals surface area contributed by atoms with E-state index in [0.29, 0.717) is 11.3 Å². The molecule has 0 atom stereocenters. The predicted octanol–water partition coefficient (Wildman–Crippen LogP) is 4.92. The van der Waals surface area contributed by atoms with Crippen LogP contribution in [0.4, 0.5) is 15.8 Å². The first-order valence-corrected chi connectivity index (χ1v) is 10.1. The maximum absolute atomic E-state index is 14.0. The van der Waals surface area contributed by atoms with Gasteiger partial charge in [-0.15, -0.1) is 0 Å². The Morgan fingerprint density at radius 3 is 2.62 bits per heavy atom. The van der Waals surface area contributed by atoms with Crippen LogP contribution in [0.3, 0.4) is 0 Å². The topological polar surface area (TPSA) is 123 Å². The van der Waals surface area contributed by atoms with Crippen molar-refractivity contribution >= 4 is 17.3 Å². The zero-order valence-electron chi connectivity index (χ0n) is 17.5. The monoisotopic (exact) mass is 440 g/mol. The van der Waals surface area contributed by atoms with Crippen LogP contribution in [0.15, 0.2) is 40.9 Å². The lowest BCUT2D eigenvalue weighted by Crippen LogP contribution is -2.47. The third kappa shape index (κ3) is 3.91. The van der Waals surface area contributed by atoms with Gasteiger partial charge in [-0.05, 0) is 63.4 Å². The summed E-state index contributed by atoms with van der Waals surface area (Å²) in [6.07, 6.45) is 2.98. The summed E-state index contributed by atoms with van der Waals surface area (Å²) in [7, 11) is 0. The molecule has 0 spiro atoms. The highest BCUT2D eigenvalue weighted by molar-refractivity contribution is 5.88. The van der Waals surface area contributed by atoms with Gasteiger partial charge in [0, 0.05) is 29.3 Å². The van der Waals surface area contributed by atoms with Gasteiger partial charge in [0.15, 0.2) is 0 Å². The minimum absolute atomic E-state index is 0.0373. The van der Waals surface area contributed by atoms with Gasteiger partial charge in [0.25, 0.3) is 11.6 Å². The summed E-state index contributed by atoms with van der Waals surface area (Å²) in [6, 6.07) is 8.24. The number of aromatic carboxylic acids is 1. The number of anilines is 1. The minimum Gasteiger partial charge on any atom is -0.478 e. The molecule has 1 aliphatic rings. The molecule has 3 aromatic rings. The maximum Gasteiger partial charge on any atom is 0.338 e. The van der Waals surface area contributed by atoms with E-state index in [4.69, 9.17) is 9.63 Å². The number of carboxylic acid groups (broad SMARTS) is 1. The molecule has 10 heteroatoms. The normalized spacial score (nSPS) is 15.5. The lowest BCUT2D eigenvalue weighted by atomic mass is 9.89. The molecule has 2 aromatic carbocycles. The summed E-state index contributed by atoms with van der Waals surface area (Å²) in [5, 5.41) is 24.6. The Hall–Kier alpha value is -3.82. The fourth-order valence-corrected chi connectivity index (χ4v) is 4.03. The average molecular weight is 440 g/mol. The van der Waals surface area contributed by atoms with E-state index in [2.05, 4.69) is 28.9 Å². The lowest BCUT2D eigenvalue weighted by Gasteiger charge is -2.43. The zero-order chi connectivity index (χ0) is 23.0. The van der Waals surface area contributed by atoms with Crippen molar-refractivity contribution in [2.75, 3.05) is 11.4 Å². The van der Waals surface area contributed by atoms with Crippen molar-refractivity contribution in [1.29, 1.82) is 0 Å². The van der Waals surface area contributed by atoms with Crippen LogP contribution in [-0.2, 0) is 0 Å². The number of nitrogens with zero attached hydrogens (tertiary/aromatic N) is 4. The van der Waals surface area contributed by atoms with Gasteiger partial charge in [-0.1, -0.05) is 5.16 Å². The van der Waals surface area contributed by atoms with Crippen LogP contribution in [0.5, 0.6) is 0 Å². The van der Waals surface area contributed by atoms with Gasteiger partial charge in [0.2, 0.25) is 5.82 Å². The van der Waals surface area contributed by atoms with Crippen LogP contribution in [0.1, 0.15) is 43.5 Å². The highest BCUT2D eigenvalue weighted by Crippen LogP contribution is 2.39. The van der Waals surface area contributed by atoms with Gasteiger partial charge in [-0.2, -0.15) is 4.98 Å². The average Bonchev–Trinajstić information content (AvgIpc) is 3.23. The molecule has 1 N–H and O–H groups in total. The van der Waals surface area contributed by atoms with Crippen molar-refractivity contribution in [2.24, 2.45) is 0 Å². The van der Waals surface area contributed by atoms with Crippen molar-refractivity contribution < 1.29 is 23.7 Å². The zero-order valence-corrected chi connectivity index (χ0v) is 17.5. The third-order valence-corrected chi connectivity index (χ3v) is 5.74. The van der Waals surface area contributed by atoms with Crippen molar-refractivity contribution in [1.82, 2.24) is 10.1 Å². The van der Waals surface area contributed by atoms with E-state index in [1.54, 1.807) is 12.1 Å². The van der Waals surface area contributed by atoms with Gasteiger partial charge >= 0.3 is 5.97 Å². The van der Waals surface area contributed by atoms with Crippen molar-refractivity contribution in [3.63, 3.8) is 0 Å². The molecule has 0 saturated carbocycles. The summed E-state index contributed by atoms with van der Waals surface area (Å²) in [6.45, 7) is 4.88. The molecule has 0 aliphatic carbocycles. The molecule has 32 heavy (non-hydrogen) atoms. The molecule has 1 aliphatic heterocycles. The van der Waals surface area contributed by atoms with Crippen molar-refractivity contribution in [2.45, 2.75) is 38.6 Å². The maximum atomic E-state index is 14.0. The number of hydrogen-bond donors (Lipinski definition) is 1. The number of benzene rings is 2.